The van der Waals surface area contributed by atoms with Gasteiger partial charge >= 0.3 is 5.97 Å². The molecule has 1 fully saturated rings. The predicted octanol–water partition coefficient (Wildman–Crippen LogP) is 3.79. The predicted molar refractivity (Wildman–Crippen MR) is 116 cm³/mol. The van der Waals surface area contributed by atoms with Crippen LogP contribution in [0.5, 0.6) is 0 Å². The number of aryl methyl sites for hydroxylation is 1. The van der Waals surface area contributed by atoms with E-state index in [-0.39, 0.29) is 30.6 Å². The fourth-order valence-electron chi connectivity index (χ4n) is 3.73. The molecule has 6 nitrogen and oxygen atoms in total. The lowest BCUT2D eigenvalue weighted by atomic mass is 9.96. The molecule has 3 rings (SSSR count). The lowest BCUT2D eigenvalue weighted by molar-refractivity contribution is -0.144. The van der Waals surface area contributed by atoms with Crippen LogP contribution >= 0.6 is 0 Å². The van der Waals surface area contributed by atoms with E-state index in [4.69, 9.17) is 0 Å². The molecule has 2 amide bonds. The first-order valence-electron chi connectivity index (χ1n) is 10.3. The van der Waals surface area contributed by atoms with E-state index in [0.717, 1.165) is 29.7 Å². The van der Waals surface area contributed by atoms with E-state index in [1.165, 1.54) is 12.7 Å². The van der Waals surface area contributed by atoms with Crippen molar-refractivity contribution >= 4 is 23.5 Å². The van der Waals surface area contributed by atoms with Crippen LogP contribution in [-0.2, 0) is 19.1 Å². The highest BCUT2D eigenvalue weighted by Crippen LogP contribution is 2.25. The minimum absolute atomic E-state index is 0.0639. The summed E-state index contributed by atoms with van der Waals surface area (Å²) in [5.74, 6) is -0.854. The van der Waals surface area contributed by atoms with Crippen molar-refractivity contribution < 1.29 is 19.1 Å². The molecule has 0 aromatic heterocycles. The van der Waals surface area contributed by atoms with Crippen molar-refractivity contribution in [3.05, 3.63) is 54.1 Å². The Balaban J connectivity index is 1.61. The zero-order valence-electron chi connectivity index (χ0n) is 17.5. The molecule has 0 bridgehead atoms. The maximum absolute atomic E-state index is 12.8. The SMILES string of the molecule is COC(=O)CCC(=O)N1CCCC(C(=O)Nc2cccc(-c3cccc(C)c3)c2)C1. The number of esters is 1. The number of rotatable bonds is 6. The summed E-state index contributed by atoms with van der Waals surface area (Å²) in [5.41, 5.74) is 4.07. The molecule has 1 saturated heterocycles. The van der Waals surface area contributed by atoms with Gasteiger partial charge in [0.1, 0.15) is 0 Å². The van der Waals surface area contributed by atoms with Gasteiger partial charge in [0.15, 0.2) is 0 Å². The summed E-state index contributed by atoms with van der Waals surface area (Å²) in [7, 11) is 1.31. The first-order valence-corrected chi connectivity index (χ1v) is 10.3. The van der Waals surface area contributed by atoms with Crippen molar-refractivity contribution in [2.45, 2.75) is 32.6 Å². The molecule has 0 spiro atoms. The van der Waals surface area contributed by atoms with Crippen LogP contribution in [0.3, 0.4) is 0 Å². The molecule has 158 valence electrons. The van der Waals surface area contributed by atoms with Gasteiger partial charge in [0, 0.05) is 25.2 Å². The highest BCUT2D eigenvalue weighted by Gasteiger charge is 2.28. The Morgan fingerprint density at radius 2 is 1.80 bits per heavy atom. The lowest BCUT2D eigenvalue weighted by Crippen LogP contribution is -2.43. The van der Waals surface area contributed by atoms with Gasteiger partial charge in [0.2, 0.25) is 11.8 Å². The Morgan fingerprint density at radius 3 is 2.53 bits per heavy atom. The summed E-state index contributed by atoms with van der Waals surface area (Å²) in [6, 6.07) is 16.0. The van der Waals surface area contributed by atoms with Crippen molar-refractivity contribution in [2.75, 3.05) is 25.5 Å². The number of methoxy groups -OCH3 is 1. The Kier molecular flexibility index (Phi) is 7.22. The molecule has 6 heteroatoms. The molecule has 0 radical (unpaired) electrons. The molecule has 1 aliphatic heterocycles. The Morgan fingerprint density at radius 1 is 1.07 bits per heavy atom. The first kappa shape index (κ1) is 21.6. The molecule has 1 unspecified atom stereocenters. The maximum Gasteiger partial charge on any atom is 0.306 e. The zero-order chi connectivity index (χ0) is 21.5. The third-order valence-corrected chi connectivity index (χ3v) is 5.40. The molecule has 1 heterocycles. The fraction of sp³-hybridized carbons (Fsp3) is 0.375. The average molecular weight is 408 g/mol. The molecule has 1 aliphatic rings. The number of carbonyl (C=O) groups is 3. The van der Waals surface area contributed by atoms with Crippen LogP contribution in [0.15, 0.2) is 48.5 Å². The minimum atomic E-state index is -0.400. The van der Waals surface area contributed by atoms with Gasteiger partial charge in [0.25, 0.3) is 0 Å². The molecular formula is C24H28N2O4. The second-order valence-electron chi connectivity index (χ2n) is 7.69. The summed E-state index contributed by atoms with van der Waals surface area (Å²) in [4.78, 5) is 38.1. The number of piperidine rings is 1. The normalized spacial score (nSPS) is 16.1. The maximum atomic E-state index is 12.8. The third-order valence-electron chi connectivity index (χ3n) is 5.40. The van der Waals surface area contributed by atoms with Gasteiger partial charge in [-0.2, -0.15) is 0 Å². The zero-order valence-corrected chi connectivity index (χ0v) is 17.5. The number of ether oxygens (including phenoxy) is 1. The second kappa shape index (κ2) is 10.1. The van der Waals surface area contributed by atoms with Crippen molar-refractivity contribution in [3.8, 4) is 11.1 Å². The number of nitrogens with zero attached hydrogens (tertiary/aromatic N) is 1. The largest absolute Gasteiger partial charge is 0.469 e. The second-order valence-corrected chi connectivity index (χ2v) is 7.69. The lowest BCUT2D eigenvalue weighted by Gasteiger charge is -2.32. The van der Waals surface area contributed by atoms with E-state index in [1.807, 2.05) is 36.4 Å². The van der Waals surface area contributed by atoms with Gasteiger partial charge in [-0.15, -0.1) is 0 Å². The highest BCUT2D eigenvalue weighted by molar-refractivity contribution is 5.94. The number of benzene rings is 2. The topological polar surface area (TPSA) is 75.7 Å². The highest BCUT2D eigenvalue weighted by atomic mass is 16.5. The molecule has 2 aromatic carbocycles. The van der Waals surface area contributed by atoms with Crippen molar-refractivity contribution in [2.24, 2.45) is 5.92 Å². The standard InChI is InChI=1S/C24H28N2O4/c1-17-6-3-7-18(14-17)19-8-4-10-21(15-19)25-24(29)20-9-5-13-26(16-20)22(27)11-12-23(28)30-2/h3-4,6-8,10,14-15,20H,5,9,11-13,16H2,1-2H3,(H,25,29). The molecule has 1 N–H and O–H groups in total. The summed E-state index contributed by atoms with van der Waals surface area (Å²) in [5, 5.41) is 3.00. The molecule has 30 heavy (non-hydrogen) atoms. The number of carbonyl (C=O) groups excluding carboxylic acids is 3. The van der Waals surface area contributed by atoms with Gasteiger partial charge < -0.3 is 15.0 Å². The number of amides is 2. The van der Waals surface area contributed by atoms with Crippen LogP contribution in [0.25, 0.3) is 11.1 Å². The van der Waals surface area contributed by atoms with E-state index >= 15 is 0 Å². The third kappa shape index (κ3) is 5.69. The summed E-state index contributed by atoms with van der Waals surface area (Å²) in [6.45, 7) is 3.05. The molecule has 2 aromatic rings. The van der Waals surface area contributed by atoms with Crippen LogP contribution in [0.1, 0.15) is 31.2 Å². The van der Waals surface area contributed by atoms with Crippen LogP contribution in [-0.4, -0.2) is 42.9 Å². The first-order chi connectivity index (χ1) is 14.5. The number of hydrogen-bond acceptors (Lipinski definition) is 4. The fourth-order valence-corrected chi connectivity index (χ4v) is 3.73. The van der Waals surface area contributed by atoms with E-state index in [0.29, 0.717) is 13.1 Å². The van der Waals surface area contributed by atoms with Crippen molar-refractivity contribution in [1.82, 2.24) is 4.90 Å². The molecule has 0 aliphatic carbocycles. The van der Waals surface area contributed by atoms with Crippen molar-refractivity contribution in [3.63, 3.8) is 0 Å². The van der Waals surface area contributed by atoms with E-state index < -0.39 is 5.97 Å². The monoisotopic (exact) mass is 408 g/mol. The summed E-state index contributed by atoms with van der Waals surface area (Å²) < 4.78 is 4.59. The molecular weight excluding hydrogens is 380 g/mol. The Hall–Kier alpha value is -3.15. The molecule has 0 saturated carbocycles. The van der Waals surface area contributed by atoms with Crippen LogP contribution in [0.4, 0.5) is 5.69 Å². The van der Waals surface area contributed by atoms with Gasteiger partial charge in [0.05, 0.1) is 19.4 Å². The van der Waals surface area contributed by atoms with Crippen LogP contribution in [0, 0.1) is 12.8 Å². The number of likely N-dealkylation sites (tertiary alicyclic amines) is 1. The average Bonchev–Trinajstić information content (AvgIpc) is 2.77. The van der Waals surface area contributed by atoms with E-state index in [2.05, 4.69) is 29.1 Å². The van der Waals surface area contributed by atoms with Crippen molar-refractivity contribution in [1.29, 1.82) is 0 Å². The van der Waals surface area contributed by atoms with Gasteiger partial charge in [-0.25, -0.2) is 0 Å². The van der Waals surface area contributed by atoms with Crippen LogP contribution < -0.4 is 5.32 Å². The number of hydrogen-bond donors (Lipinski definition) is 1. The molecule has 1 atom stereocenters. The minimum Gasteiger partial charge on any atom is -0.469 e. The smallest absolute Gasteiger partial charge is 0.306 e. The van der Waals surface area contributed by atoms with Gasteiger partial charge in [-0.05, 0) is 43.0 Å². The van der Waals surface area contributed by atoms with Gasteiger partial charge in [-0.3, -0.25) is 14.4 Å². The quantitative estimate of drug-likeness (QED) is 0.738. The van der Waals surface area contributed by atoms with E-state index in [1.54, 1.807) is 4.90 Å². The Bertz CT molecular complexity index is 925. The number of anilines is 1. The summed E-state index contributed by atoms with van der Waals surface area (Å²) in [6.07, 6.45) is 1.68. The van der Waals surface area contributed by atoms with Crippen LogP contribution in [0.2, 0.25) is 0 Å². The number of nitrogens with one attached hydrogen (secondary N) is 1. The van der Waals surface area contributed by atoms with Gasteiger partial charge in [-0.1, -0.05) is 42.0 Å². The summed E-state index contributed by atoms with van der Waals surface area (Å²) >= 11 is 0. The Labute approximate surface area is 177 Å². The van der Waals surface area contributed by atoms with E-state index in [9.17, 15) is 14.4 Å².